The summed E-state index contributed by atoms with van der Waals surface area (Å²) in [4.78, 5) is 4.32. The van der Waals surface area contributed by atoms with Crippen LogP contribution in [0.4, 0.5) is 5.95 Å². The van der Waals surface area contributed by atoms with Crippen molar-refractivity contribution in [3.05, 3.63) is 24.3 Å². The summed E-state index contributed by atoms with van der Waals surface area (Å²) in [6, 6.07) is 7.55. The number of fused-ring (bicyclic) bond motifs is 1. The zero-order chi connectivity index (χ0) is 12.3. The molecule has 17 heavy (non-hydrogen) atoms. The third kappa shape index (κ3) is 2.97. The summed E-state index contributed by atoms with van der Waals surface area (Å²) in [5.74, 6) is 0.473. The molecular weight excluding hydrogens is 236 g/mol. The zero-order valence-electron chi connectivity index (χ0n) is 9.75. The molecule has 90 valence electrons. The van der Waals surface area contributed by atoms with Crippen LogP contribution in [0.2, 0.25) is 0 Å². The highest BCUT2D eigenvalue weighted by atomic mass is 32.2. The van der Waals surface area contributed by atoms with Crippen LogP contribution in [0.5, 0.6) is 0 Å². The molecule has 6 heteroatoms. The highest BCUT2D eigenvalue weighted by Gasteiger charge is 2.07. The number of nitrogens with zero attached hydrogens (tertiary/aromatic N) is 3. The molecule has 0 aliphatic heterocycles. The molecule has 1 aromatic carbocycles. The van der Waals surface area contributed by atoms with Crippen LogP contribution in [-0.4, -0.2) is 37.4 Å². The summed E-state index contributed by atoms with van der Waals surface area (Å²) < 4.78 is 11.2. The van der Waals surface area contributed by atoms with Gasteiger partial charge in [-0.05, 0) is 19.1 Å². The fourth-order valence-electron chi connectivity index (χ4n) is 1.31. The summed E-state index contributed by atoms with van der Waals surface area (Å²) in [6.45, 7) is 2.49. The van der Waals surface area contributed by atoms with Crippen molar-refractivity contribution in [2.24, 2.45) is 0 Å². The summed E-state index contributed by atoms with van der Waals surface area (Å²) in [6.07, 6.45) is 1.69. The molecule has 1 aromatic heterocycles. The van der Waals surface area contributed by atoms with E-state index < -0.39 is 10.8 Å². The number of rotatable bonds is 4. The first-order chi connectivity index (χ1) is 8.16. The normalized spacial score (nSPS) is 14.5. The van der Waals surface area contributed by atoms with E-state index in [-0.39, 0.29) is 5.25 Å². The van der Waals surface area contributed by atoms with Gasteiger partial charge >= 0.3 is 0 Å². The second-order valence-electron chi connectivity index (χ2n) is 3.81. The van der Waals surface area contributed by atoms with Crippen LogP contribution in [0.1, 0.15) is 6.92 Å². The Labute approximate surface area is 102 Å². The minimum absolute atomic E-state index is 0.0603. The van der Waals surface area contributed by atoms with E-state index in [1.807, 2.05) is 31.2 Å². The lowest BCUT2D eigenvalue weighted by Crippen LogP contribution is -2.21. The van der Waals surface area contributed by atoms with Gasteiger partial charge in [-0.3, -0.25) is 4.21 Å². The fourth-order valence-corrected chi connectivity index (χ4v) is 1.63. The number of para-hydroxylation sites is 1. The topological polar surface area (TPSA) is 67.8 Å². The van der Waals surface area contributed by atoms with Crippen molar-refractivity contribution in [1.82, 2.24) is 15.2 Å². The van der Waals surface area contributed by atoms with Crippen molar-refractivity contribution >= 4 is 27.8 Å². The maximum atomic E-state index is 11.2. The molecule has 0 amide bonds. The predicted molar refractivity (Wildman–Crippen MR) is 69.4 cm³/mol. The second-order valence-corrected chi connectivity index (χ2v) is 5.62. The molecule has 1 N–H and O–H groups in total. The van der Waals surface area contributed by atoms with Crippen molar-refractivity contribution in [2.45, 2.75) is 12.2 Å². The molecule has 0 radical (unpaired) electrons. The SMILES string of the molecule is CC(CNc1nnc2ccccc2n1)S(C)=O. The van der Waals surface area contributed by atoms with Crippen molar-refractivity contribution < 1.29 is 4.21 Å². The largest absolute Gasteiger partial charge is 0.352 e. The van der Waals surface area contributed by atoms with Crippen LogP contribution < -0.4 is 5.32 Å². The van der Waals surface area contributed by atoms with E-state index in [1.165, 1.54) is 0 Å². The maximum Gasteiger partial charge on any atom is 0.243 e. The number of nitrogens with one attached hydrogen (secondary N) is 1. The number of anilines is 1. The fraction of sp³-hybridized carbons (Fsp3) is 0.364. The monoisotopic (exact) mass is 250 g/mol. The highest BCUT2D eigenvalue weighted by molar-refractivity contribution is 7.84. The summed E-state index contributed by atoms with van der Waals surface area (Å²) in [5.41, 5.74) is 1.57. The first-order valence-electron chi connectivity index (χ1n) is 5.32. The Morgan fingerprint density at radius 1 is 1.29 bits per heavy atom. The molecule has 2 unspecified atom stereocenters. The molecule has 0 fully saturated rings. The van der Waals surface area contributed by atoms with Crippen molar-refractivity contribution in [1.29, 1.82) is 0 Å². The third-order valence-electron chi connectivity index (χ3n) is 2.47. The van der Waals surface area contributed by atoms with Gasteiger partial charge in [0.2, 0.25) is 5.95 Å². The average Bonchev–Trinajstić information content (AvgIpc) is 2.35. The van der Waals surface area contributed by atoms with Gasteiger partial charge in [-0.1, -0.05) is 12.1 Å². The number of benzene rings is 1. The zero-order valence-corrected chi connectivity index (χ0v) is 10.6. The van der Waals surface area contributed by atoms with Gasteiger partial charge in [0.15, 0.2) is 0 Å². The van der Waals surface area contributed by atoms with Crippen LogP contribution in [0.3, 0.4) is 0 Å². The number of aromatic nitrogens is 3. The van der Waals surface area contributed by atoms with Gasteiger partial charge in [0.05, 0.1) is 5.52 Å². The lowest BCUT2D eigenvalue weighted by atomic mass is 10.3. The Kier molecular flexibility index (Phi) is 3.63. The van der Waals surface area contributed by atoms with E-state index in [1.54, 1.807) is 6.26 Å². The molecule has 0 aliphatic carbocycles. The molecule has 2 atom stereocenters. The van der Waals surface area contributed by atoms with E-state index in [0.29, 0.717) is 12.5 Å². The summed E-state index contributed by atoms with van der Waals surface area (Å²) in [5, 5.41) is 11.1. The molecule has 0 spiro atoms. The van der Waals surface area contributed by atoms with Crippen molar-refractivity contribution in [3.63, 3.8) is 0 Å². The van der Waals surface area contributed by atoms with Gasteiger partial charge in [0.25, 0.3) is 0 Å². The Morgan fingerprint density at radius 3 is 2.71 bits per heavy atom. The minimum Gasteiger partial charge on any atom is -0.352 e. The minimum atomic E-state index is -0.850. The van der Waals surface area contributed by atoms with Crippen LogP contribution in [0, 0.1) is 0 Å². The van der Waals surface area contributed by atoms with E-state index in [2.05, 4.69) is 20.5 Å². The number of hydrogen-bond donors (Lipinski definition) is 1. The van der Waals surface area contributed by atoms with Gasteiger partial charge < -0.3 is 5.32 Å². The Bertz CT molecular complexity index is 546. The predicted octanol–water partition coefficient (Wildman–Crippen LogP) is 1.20. The van der Waals surface area contributed by atoms with Crippen molar-refractivity contribution in [2.75, 3.05) is 18.1 Å². The van der Waals surface area contributed by atoms with Crippen LogP contribution in [0.25, 0.3) is 11.0 Å². The standard InChI is InChI=1S/C11H14N4OS/c1-8(17(2)16)7-12-11-13-9-5-3-4-6-10(9)14-15-11/h3-6,8H,7H2,1-2H3,(H,12,13,15). The summed E-state index contributed by atoms with van der Waals surface area (Å²) in [7, 11) is -0.850. The quantitative estimate of drug-likeness (QED) is 0.883. The van der Waals surface area contributed by atoms with Gasteiger partial charge in [0.1, 0.15) is 5.52 Å². The van der Waals surface area contributed by atoms with E-state index in [9.17, 15) is 4.21 Å². The molecule has 0 aliphatic rings. The van der Waals surface area contributed by atoms with E-state index in [0.717, 1.165) is 11.0 Å². The van der Waals surface area contributed by atoms with Gasteiger partial charge in [-0.25, -0.2) is 4.98 Å². The molecule has 2 rings (SSSR count). The van der Waals surface area contributed by atoms with Gasteiger partial charge in [-0.2, -0.15) is 0 Å². The van der Waals surface area contributed by atoms with Gasteiger partial charge in [0, 0.05) is 28.9 Å². The van der Waals surface area contributed by atoms with E-state index in [4.69, 9.17) is 0 Å². The first kappa shape index (κ1) is 11.9. The second kappa shape index (κ2) is 5.18. The smallest absolute Gasteiger partial charge is 0.243 e. The molecule has 0 saturated heterocycles. The Balaban J connectivity index is 2.12. The summed E-state index contributed by atoms with van der Waals surface area (Å²) >= 11 is 0. The Morgan fingerprint density at radius 2 is 2.00 bits per heavy atom. The lowest BCUT2D eigenvalue weighted by Gasteiger charge is -2.09. The highest BCUT2D eigenvalue weighted by Crippen LogP contribution is 2.08. The molecule has 0 saturated carbocycles. The maximum absolute atomic E-state index is 11.2. The Hall–Kier alpha value is -1.56. The molecule has 1 heterocycles. The van der Waals surface area contributed by atoms with Crippen molar-refractivity contribution in [3.8, 4) is 0 Å². The van der Waals surface area contributed by atoms with Crippen LogP contribution in [-0.2, 0) is 10.8 Å². The average molecular weight is 250 g/mol. The van der Waals surface area contributed by atoms with E-state index >= 15 is 0 Å². The third-order valence-corrected chi connectivity index (χ3v) is 3.77. The molecule has 0 bridgehead atoms. The lowest BCUT2D eigenvalue weighted by molar-refractivity contribution is 0.678. The first-order valence-corrected chi connectivity index (χ1v) is 6.94. The molecule has 2 aromatic rings. The molecular formula is C11H14N4OS. The number of hydrogen-bond acceptors (Lipinski definition) is 5. The molecule has 5 nitrogen and oxygen atoms in total. The van der Waals surface area contributed by atoms with Crippen LogP contribution >= 0.6 is 0 Å². The van der Waals surface area contributed by atoms with Gasteiger partial charge in [-0.15, -0.1) is 10.2 Å². The van der Waals surface area contributed by atoms with Crippen LogP contribution in [0.15, 0.2) is 24.3 Å².